The quantitative estimate of drug-likeness (QED) is 0.462. The van der Waals surface area contributed by atoms with Gasteiger partial charge in [-0.3, -0.25) is 4.79 Å². The van der Waals surface area contributed by atoms with Gasteiger partial charge in [0, 0.05) is 23.9 Å². The lowest BCUT2D eigenvalue weighted by Crippen LogP contribution is -2.47. The summed E-state index contributed by atoms with van der Waals surface area (Å²) in [6.07, 6.45) is -4.53. The van der Waals surface area contributed by atoms with Gasteiger partial charge in [-0.1, -0.05) is 18.2 Å². The van der Waals surface area contributed by atoms with Gasteiger partial charge < -0.3 is 24.4 Å². The average molecular weight is 519 g/mol. The predicted molar refractivity (Wildman–Crippen MR) is 132 cm³/mol. The van der Waals surface area contributed by atoms with Crippen LogP contribution < -0.4 is 0 Å². The smallest absolute Gasteiger partial charge is 0.419 e. The van der Waals surface area contributed by atoms with Crippen molar-refractivity contribution in [1.29, 1.82) is 0 Å². The van der Waals surface area contributed by atoms with Crippen molar-refractivity contribution < 1.29 is 43.6 Å². The summed E-state index contributed by atoms with van der Waals surface area (Å²) in [5, 5.41) is 23.1. The monoisotopic (exact) mass is 518 g/mol. The van der Waals surface area contributed by atoms with E-state index in [1.54, 1.807) is 53.7 Å². The zero-order valence-electron chi connectivity index (χ0n) is 22.2. The molecule has 11 heteroatoms. The summed E-state index contributed by atoms with van der Waals surface area (Å²) >= 11 is 0. The summed E-state index contributed by atoms with van der Waals surface area (Å²) < 4.78 is 16.8. The number of esters is 1. The van der Waals surface area contributed by atoms with Gasteiger partial charge >= 0.3 is 18.2 Å². The minimum absolute atomic E-state index is 0.0680. The van der Waals surface area contributed by atoms with Gasteiger partial charge in [0.1, 0.15) is 22.5 Å². The van der Waals surface area contributed by atoms with E-state index in [4.69, 9.17) is 14.2 Å². The normalized spacial score (nSPS) is 19.2. The van der Waals surface area contributed by atoms with Crippen LogP contribution in [0.1, 0.15) is 70.9 Å². The molecule has 2 atom stereocenters. The molecule has 2 amide bonds. The standard InChI is InChI=1S/C26H34N2O9/c1-8-35-21(31)19(29)26(34)13-14-27(22(32)36-24(2,3)4)20(30)18-17(26)15-11-9-10-12-16(15)28(18)23(33)37-25(5,6)7/h9-12,19,29,34H,8,13-14H2,1-7H3. The van der Waals surface area contributed by atoms with Crippen LogP contribution in [0.15, 0.2) is 24.3 Å². The number of para-hydroxylation sites is 1. The van der Waals surface area contributed by atoms with Gasteiger partial charge in [0.2, 0.25) is 0 Å². The van der Waals surface area contributed by atoms with Crippen LogP contribution in [-0.4, -0.2) is 74.2 Å². The highest BCUT2D eigenvalue weighted by atomic mass is 16.6. The zero-order chi connectivity index (χ0) is 27.9. The second-order valence-corrected chi connectivity index (χ2v) is 10.8. The van der Waals surface area contributed by atoms with Gasteiger partial charge in [0.05, 0.1) is 12.1 Å². The molecule has 2 N–H and O–H groups in total. The number of benzene rings is 1. The number of aliphatic hydroxyl groups excluding tert-OH is 1. The summed E-state index contributed by atoms with van der Waals surface area (Å²) in [5.74, 6) is -2.08. The Hall–Kier alpha value is -3.44. The lowest BCUT2D eigenvalue weighted by molar-refractivity contribution is -0.171. The first-order valence-corrected chi connectivity index (χ1v) is 12.0. The number of fused-ring (bicyclic) bond motifs is 3. The first-order chi connectivity index (χ1) is 17.0. The molecule has 2 heterocycles. The van der Waals surface area contributed by atoms with Crippen molar-refractivity contribution >= 4 is 35.0 Å². The minimum Gasteiger partial charge on any atom is -0.464 e. The van der Waals surface area contributed by atoms with Crippen molar-refractivity contribution in [3.8, 4) is 0 Å². The molecule has 2 unspecified atom stereocenters. The van der Waals surface area contributed by atoms with Crippen LogP contribution in [0.25, 0.3) is 10.9 Å². The van der Waals surface area contributed by atoms with Crippen molar-refractivity contribution in [1.82, 2.24) is 9.47 Å². The molecule has 1 aliphatic heterocycles. The Balaban J connectivity index is 2.36. The Morgan fingerprint density at radius 2 is 1.59 bits per heavy atom. The van der Waals surface area contributed by atoms with E-state index in [0.29, 0.717) is 0 Å². The molecule has 2 aromatic rings. The van der Waals surface area contributed by atoms with Crippen LogP contribution in [0.3, 0.4) is 0 Å². The van der Waals surface area contributed by atoms with Gasteiger partial charge in [-0.05, 0) is 54.5 Å². The SMILES string of the molecule is CCOC(=O)C(O)C1(O)CCN(C(=O)OC(C)(C)C)C(=O)c2c1c1ccccc1n2C(=O)OC(C)(C)C. The van der Waals surface area contributed by atoms with Gasteiger partial charge in [0.15, 0.2) is 6.10 Å². The number of hydrogen-bond donors (Lipinski definition) is 2. The van der Waals surface area contributed by atoms with E-state index < -0.39 is 65.6 Å². The number of aromatic nitrogens is 1. The number of nitrogens with zero attached hydrogens (tertiary/aromatic N) is 2. The topological polar surface area (TPSA) is 145 Å². The third-order valence-electron chi connectivity index (χ3n) is 5.62. The maximum atomic E-state index is 13.9. The number of rotatable bonds is 3. The molecule has 0 saturated carbocycles. The average Bonchev–Trinajstić information content (AvgIpc) is 3.06. The number of imide groups is 1. The second kappa shape index (κ2) is 9.79. The molecule has 1 aliphatic rings. The largest absolute Gasteiger partial charge is 0.464 e. The first-order valence-electron chi connectivity index (χ1n) is 12.0. The fourth-order valence-electron chi connectivity index (χ4n) is 4.20. The second-order valence-electron chi connectivity index (χ2n) is 10.8. The lowest BCUT2D eigenvalue weighted by Gasteiger charge is -2.31. The third-order valence-corrected chi connectivity index (χ3v) is 5.62. The van der Waals surface area contributed by atoms with E-state index in [1.165, 1.54) is 19.1 Å². The van der Waals surface area contributed by atoms with E-state index in [-0.39, 0.29) is 23.1 Å². The van der Waals surface area contributed by atoms with Crippen molar-refractivity contribution in [3.05, 3.63) is 35.5 Å². The molecule has 3 rings (SSSR count). The molecule has 202 valence electrons. The minimum atomic E-state index is -2.40. The Labute approximate surface area is 214 Å². The van der Waals surface area contributed by atoms with Crippen LogP contribution in [0, 0.1) is 0 Å². The summed E-state index contributed by atoms with van der Waals surface area (Å²) in [6, 6.07) is 6.28. The highest BCUT2D eigenvalue weighted by Gasteiger charge is 2.52. The van der Waals surface area contributed by atoms with Crippen LogP contribution in [0.4, 0.5) is 9.59 Å². The van der Waals surface area contributed by atoms with Gasteiger partial charge in [0.25, 0.3) is 5.91 Å². The van der Waals surface area contributed by atoms with Gasteiger partial charge in [-0.25, -0.2) is 23.9 Å². The van der Waals surface area contributed by atoms with E-state index >= 15 is 0 Å². The molecule has 1 aromatic heterocycles. The Morgan fingerprint density at radius 1 is 1.03 bits per heavy atom. The molecular weight excluding hydrogens is 484 g/mol. The molecule has 37 heavy (non-hydrogen) atoms. The number of hydrogen-bond acceptors (Lipinski definition) is 9. The molecule has 0 radical (unpaired) electrons. The molecule has 0 fully saturated rings. The van der Waals surface area contributed by atoms with Crippen LogP contribution in [0.5, 0.6) is 0 Å². The van der Waals surface area contributed by atoms with Crippen LogP contribution >= 0.6 is 0 Å². The van der Waals surface area contributed by atoms with Gasteiger partial charge in [-0.2, -0.15) is 0 Å². The Kier molecular flexibility index (Phi) is 7.44. The highest BCUT2D eigenvalue weighted by molar-refractivity contribution is 6.11. The number of amides is 2. The number of ether oxygens (including phenoxy) is 3. The first kappa shape index (κ1) is 28.1. The molecular formula is C26H34N2O9. The van der Waals surface area contributed by atoms with E-state index in [1.807, 2.05) is 0 Å². The highest BCUT2D eigenvalue weighted by Crippen LogP contribution is 2.42. The van der Waals surface area contributed by atoms with Crippen molar-refractivity contribution in [2.45, 2.75) is 77.8 Å². The van der Waals surface area contributed by atoms with Crippen molar-refractivity contribution in [2.24, 2.45) is 0 Å². The maximum absolute atomic E-state index is 13.9. The van der Waals surface area contributed by atoms with Crippen LogP contribution in [0.2, 0.25) is 0 Å². The summed E-state index contributed by atoms with van der Waals surface area (Å²) in [5.41, 5.74) is -4.74. The summed E-state index contributed by atoms with van der Waals surface area (Å²) in [4.78, 5) is 53.7. The summed E-state index contributed by atoms with van der Waals surface area (Å²) in [7, 11) is 0. The summed E-state index contributed by atoms with van der Waals surface area (Å²) in [6.45, 7) is 10.8. The van der Waals surface area contributed by atoms with Gasteiger partial charge in [-0.15, -0.1) is 0 Å². The Morgan fingerprint density at radius 3 is 2.16 bits per heavy atom. The van der Waals surface area contributed by atoms with Crippen molar-refractivity contribution in [3.63, 3.8) is 0 Å². The molecule has 0 aliphatic carbocycles. The number of carbonyl (C=O) groups is 4. The predicted octanol–water partition coefficient (Wildman–Crippen LogP) is 3.32. The fraction of sp³-hybridized carbons (Fsp3) is 0.538. The van der Waals surface area contributed by atoms with Crippen molar-refractivity contribution in [2.75, 3.05) is 13.2 Å². The third kappa shape index (κ3) is 5.47. The zero-order valence-corrected chi connectivity index (χ0v) is 22.2. The van der Waals surface area contributed by atoms with E-state index in [9.17, 15) is 29.4 Å². The lowest BCUT2D eigenvalue weighted by atomic mass is 9.83. The fourth-order valence-corrected chi connectivity index (χ4v) is 4.20. The molecule has 11 nitrogen and oxygen atoms in total. The Bertz CT molecular complexity index is 1240. The molecule has 0 saturated heterocycles. The number of aliphatic hydroxyl groups is 2. The molecule has 0 spiro atoms. The maximum Gasteiger partial charge on any atom is 0.419 e. The van der Waals surface area contributed by atoms with E-state index in [0.717, 1.165) is 9.47 Å². The van der Waals surface area contributed by atoms with E-state index in [2.05, 4.69) is 0 Å². The number of carbonyl (C=O) groups excluding carboxylic acids is 4. The van der Waals surface area contributed by atoms with Crippen LogP contribution in [-0.2, 0) is 24.6 Å². The molecule has 0 bridgehead atoms. The molecule has 1 aromatic carbocycles.